The molecule has 1 N–H and O–H groups in total. The molecule has 80 valence electrons. The van der Waals surface area contributed by atoms with Gasteiger partial charge >= 0.3 is 0 Å². The van der Waals surface area contributed by atoms with Crippen LogP contribution in [0.2, 0.25) is 0 Å². The van der Waals surface area contributed by atoms with Crippen molar-refractivity contribution >= 4 is 22.9 Å². The Bertz CT molecular complexity index is 369. The maximum absolute atomic E-state index is 3.98. The van der Waals surface area contributed by atoms with Gasteiger partial charge in [-0.15, -0.1) is 5.10 Å². The van der Waals surface area contributed by atoms with Crippen molar-refractivity contribution in [1.82, 2.24) is 14.9 Å². The molecule has 1 unspecified atom stereocenters. The summed E-state index contributed by atoms with van der Waals surface area (Å²) in [6.07, 6.45) is 0. The normalized spacial score (nSPS) is 12.9. The third-order valence-corrected chi connectivity index (χ3v) is 3.53. The Morgan fingerprint density at radius 3 is 3.07 bits per heavy atom. The van der Waals surface area contributed by atoms with Gasteiger partial charge < -0.3 is 5.32 Å². The lowest BCUT2D eigenvalue weighted by molar-refractivity contribution is 0.608. The maximum Gasteiger partial charge on any atom is 0.0893 e. The maximum atomic E-state index is 3.98. The minimum atomic E-state index is 0.558. The van der Waals surface area contributed by atoms with E-state index in [4.69, 9.17) is 0 Å². The van der Waals surface area contributed by atoms with Crippen LogP contribution in [0.5, 0.6) is 0 Å². The van der Waals surface area contributed by atoms with Crippen molar-refractivity contribution in [1.29, 1.82) is 0 Å². The van der Waals surface area contributed by atoms with Crippen molar-refractivity contribution in [2.24, 2.45) is 0 Å². The zero-order chi connectivity index (χ0) is 10.5. The second-order valence-corrected chi connectivity index (χ2v) is 4.87. The van der Waals surface area contributed by atoms with E-state index < -0.39 is 0 Å². The highest BCUT2D eigenvalue weighted by atomic mass is 32.1. The average Bonchev–Trinajstić information content (AvgIpc) is 2.90. The van der Waals surface area contributed by atoms with Crippen molar-refractivity contribution in [2.45, 2.75) is 19.4 Å². The molecule has 0 bridgehead atoms. The first-order valence-corrected chi connectivity index (χ1v) is 6.63. The van der Waals surface area contributed by atoms with Crippen LogP contribution in [-0.2, 0) is 6.54 Å². The summed E-state index contributed by atoms with van der Waals surface area (Å²) in [7, 11) is 0. The van der Waals surface area contributed by atoms with Gasteiger partial charge in [-0.2, -0.15) is 11.3 Å². The third kappa shape index (κ3) is 3.09. The fourth-order valence-electron chi connectivity index (χ4n) is 1.35. The Balaban J connectivity index is 1.74. The zero-order valence-electron chi connectivity index (χ0n) is 8.51. The molecule has 0 aliphatic carbocycles. The summed E-state index contributed by atoms with van der Waals surface area (Å²) in [4.78, 5) is 0. The van der Waals surface area contributed by atoms with Gasteiger partial charge in [0.05, 0.1) is 5.69 Å². The van der Waals surface area contributed by atoms with Crippen LogP contribution in [-0.4, -0.2) is 16.1 Å². The van der Waals surface area contributed by atoms with E-state index in [1.165, 1.54) is 17.1 Å². The highest BCUT2D eigenvalue weighted by molar-refractivity contribution is 7.08. The fraction of sp³-hybridized carbons (Fsp3) is 0.400. The summed E-state index contributed by atoms with van der Waals surface area (Å²) in [6.45, 7) is 4.02. The van der Waals surface area contributed by atoms with Crippen LogP contribution in [0.25, 0.3) is 0 Å². The summed E-state index contributed by atoms with van der Waals surface area (Å²) in [5, 5.41) is 13.7. The predicted octanol–water partition coefficient (Wildman–Crippen LogP) is 2.49. The number of hydrogen-bond donors (Lipinski definition) is 1. The fourth-order valence-corrected chi connectivity index (χ4v) is 2.58. The van der Waals surface area contributed by atoms with E-state index in [0.29, 0.717) is 5.92 Å². The number of nitrogens with zero attached hydrogens (tertiary/aromatic N) is 2. The van der Waals surface area contributed by atoms with E-state index in [-0.39, 0.29) is 0 Å². The number of aromatic nitrogens is 2. The summed E-state index contributed by atoms with van der Waals surface area (Å²) in [5.41, 5.74) is 2.43. The minimum Gasteiger partial charge on any atom is -0.310 e. The Kier molecular flexibility index (Phi) is 3.82. The average molecular weight is 239 g/mol. The molecule has 5 heteroatoms. The van der Waals surface area contributed by atoms with Crippen molar-refractivity contribution in [3.63, 3.8) is 0 Å². The largest absolute Gasteiger partial charge is 0.310 e. The minimum absolute atomic E-state index is 0.558. The van der Waals surface area contributed by atoms with E-state index in [2.05, 4.69) is 38.7 Å². The summed E-state index contributed by atoms with van der Waals surface area (Å²) < 4.78 is 3.82. The topological polar surface area (TPSA) is 37.8 Å². The van der Waals surface area contributed by atoms with Gasteiger partial charge in [0.2, 0.25) is 0 Å². The second-order valence-electron chi connectivity index (χ2n) is 3.48. The first kappa shape index (κ1) is 10.7. The lowest BCUT2D eigenvalue weighted by Crippen LogP contribution is -2.19. The highest BCUT2D eigenvalue weighted by Gasteiger charge is 2.05. The van der Waals surface area contributed by atoms with Crippen LogP contribution in [0.1, 0.15) is 24.1 Å². The van der Waals surface area contributed by atoms with Crippen LogP contribution >= 0.6 is 22.9 Å². The quantitative estimate of drug-likeness (QED) is 0.871. The smallest absolute Gasteiger partial charge is 0.0893 e. The van der Waals surface area contributed by atoms with E-state index in [1.54, 1.807) is 11.3 Å². The molecule has 0 amide bonds. The van der Waals surface area contributed by atoms with Crippen molar-refractivity contribution < 1.29 is 0 Å². The number of rotatable bonds is 5. The number of nitrogens with one attached hydrogen (secondary N) is 1. The molecule has 0 spiro atoms. The molecule has 0 saturated heterocycles. The van der Waals surface area contributed by atoms with Crippen molar-refractivity contribution in [2.75, 3.05) is 6.54 Å². The van der Waals surface area contributed by atoms with Gasteiger partial charge in [0, 0.05) is 18.5 Å². The van der Waals surface area contributed by atoms with Gasteiger partial charge in [-0.05, 0) is 39.8 Å². The van der Waals surface area contributed by atoms with E-state index in [1.807, 2.05) is 5.38 Å². The van der Waals surface area contributed by atoms with E-state index >= 15 is 0 Å². The molecule has 0 aliphatic heterocycles. The molecular formula is C10H13N3S2. The molecule has 2 aromatic rings. The first-order valence-electron chi connectivity index (χ1n) is 4.85. The van der Waals surface area contributed by atoms with Crippen LogP contribution in [0.4, 0.5) is 0 Å². The summed E-state index contributed by atoms with van der Waals surface area (Å²) in [5.74, 6) is 0.558. The molecule has 0 aliphatic rings. The standard InChI is InChI=1S/C10H13N3S2/c1-8(9-2-3-14-6-9)4-11-5-10-7-15-13-12-10/h2-3,6-8,11H,4-5H2,1H3. The SMILES string of the molecule is CC(CNCc1csnn1)c1ccsc1. The first-order chi connectivity index (χ1) is 7.36. The van der Waals surface area contributed by atoms with Crippen molar-refractivity contribution in [3.05, 3.63) is 33.5 Å². The van der Waals surface area contributed by atoms with E-state index in [0.717, 1.165) is 18.8 Å². The molecule has 0 radical (unpaired) electrons. The molecular weight excluding hydrogens is 226 g/mol. The summed E-state index contributed by atoms with van der Waals surface area (Å²) in [6, 6.07) is 2.18. The Morgan fingerprint density at radius 2 is 2.40 bits per heavy atom. The molecule has 2 rings (SSSR count). The highest BCUT2D eigenvalue weighted by Crippen LogP contribution is 2.17. The molecule has 0 saturated carbocycles. The molecule has 0 fully saturated rings. The number of hydrogen-bond acceptors (Lipinski definition) is 5. The summed E-state index contributed by atoms with van der Waals surface area (Å²) >= 11 is 3.15. The van der Waals surface area contributed by atoms with E-state index in [9.17, 15) is 0 Å². The Hall–Kier alpha value is -0.780. The molecule has 3 nitrogen and oxygen atoms in total. The predicted molar refractivity (Wildman–Crippen MR) is 64.3 cm³/mol. The van der Waals surface area contributed by atoms with Crippen molar-refractivity contribution in [3.8, 4) is 0 Å². The molecule has 2 aromatic heterocycles. The molecule has 0 aromatic carbocycles. The monoisotopic (exact) mass is 239 g/mol. The van der Waals surface area contributed by atoms with Crippen LogP contribution < -0.4 is 5.32 Å². The number of thiophene rings is 1. The second kappa shape index (κ2) is 5.34. The van der Waals surface area contributed by atoms with Gasteiger partial charge in [-0.25, -0.2) is 0 Å². The van der Waals surface area contributed by atoms with Crippen LogP contribution in [0, 0.1) is 0 Å². The molecule has 1 atom stereocenters. The van der Waals surface area contributed by atoms with Gasteiger partial charge in [-0.3, -0.25) is 0 Å². The van der Waals surface area contributed by atoms with Crippen LogP contribution in [0.15, 0.2) is 22.2 Å². The Labute approximate surface area is 97.3 Å². The van der Waals surface area contributed by atoms with Gasteiger partial charge in [0.25, 0.3) is 0 Å². The lowest BCUT2D eigenvalue weighted by atomic mass is 10.1. The van der Waals surface area contributed by atoms with Gasteiger partial charge in [0.15, 0.2) is 0 Å². The molecule has 2 heterocycles. The van der Waals surface area contributed by atoms with Crippen LogP contribution in [0.3, 0.4) is 0 Å². The Morgan fingerprint density at radius 1 is 1.47 bits per heavy atom. The zero-order valence-corrected chi connectivity index (χ0v) is 10.1. The van der Waals surface area contributed by atoms with Gasteiger partial charge in [-0.1, -0.05) is 11.4 Å². The molecule has 15 heavy (non-hydrogen) atoms. The third-order valence-electron chi connectivity index (χ3n) is 2.27. The van der Waals surface area contributed by atoms with Gasteiger partial charge in [0.1, 0.15) is 0 Å². The lowest BCUT2D eigenvalue weighted by Gasteiger charge is -2.09.